The number of benzene rings is 1. The van der Waals surface area contributed by atoms with E-state index in [9.17, 15) is 4.79 Å². The van der Waals surface area contributed by atoms with Crippen molar-refractivity contribution in [2.45, 2.75) is 0 Å². The molecule has 1 aromatic heterocycles. The van der Waals surface area contributed by atoms with E-state index in [2.05, 4.69) is 4.74 Å². The minimum atomic E-state index is -0.659. The van der Waals surface area contributed by atoms with E-state index in [4.69, 9.17) is 24.3 Å². The largest absolute Gasteiger partial charge is 0.487 e. The molecule has 0 spiro atoms. The molecule has 0 aliphatic carbocycles. The third-order valence-electron chi connectivity index (χ3n) is 2.68. The van der Waals surface area contributed by atoms with Crippen LogP contribution < -0.4 is 10.4 Å². The van der Waals surface area contributed by atoms with Crippen LogP contribution in [0.1, 0.15) is 5.56 Å². The molecular weight excluding hydrogens is 302 g/mol. The minimum Gasteiger partial charge on any atom is -0.487 e. The quantitative estimate of drug-likeness (QED) is 0.632. The van der Waals surface area contributed by atoms with Crippen molar-refractivity contribution in [2.75, 3.05) is 40.6 Å². The molecular formula is C16H19NO6. The molecule has 1 N–H and O–H groups in total. The Bertz CT molecular complexity index is 702. The molecule has 2 aromatic rings. The normalized spacial score (nSPS) is 9.83. The second-order valence-corrected chi connectivity index (χ2v) is 4.29. The van der Waals surface area contributed by atoms with Crippen LogP contribution in [-0.2, 0) is 9.47 Å². The summed E-state index contributed by atoms with van der Waals surface area (Å²) in [5.74, 6) is 0.464. The average Bonchev–Trinajstić information content (AvgIpc) is 2.56. The van der Waals surface area contributed by atoms with Crippen LogP contribution in [0.25, 0.3) is 11.0 Å². The molecule has 0 bridgehead atoms. The highest BCUT2D eigenvalue weighted by Crippen LogP contribution is 2.24. The lowest BCUT2D eigenvalue weighted by Gasteiger charge is -2.07. The van der Waals surface area contributed by atoms with Gasteiger partial charge in [0.2, 0.25) is 0 Å². The lowest BCUT2D eigenvalue weighted by Crippen LogP contribution is -2.07. The Morgan fingerprint density at radius 3 is 2.52 bits per heavy atom. The first-order valence-corrected chi connectivity index (χ1v) is 6.86. The summed E-state index contributed by atoms with van der Waals surface area (Å²) in [4.78, 5) is 11.5. The Balaban J connectivity index is 0.000000463. The molecule has 0 radical (unpaired) electrons. The Labute approximate surface area is 133 Å². The van der Waals surface area contributed by atoms with Crippen molar-refractivity contribution in [1.82, 2.24) is 0 Å². The number of ether oxygens (including phenoxy) is 3. The van der Waals surface area contributed by atoms with E-state index in [1.807, 2.05) is 0 Å². The highest BCUT2D eigenvalue weighted by Gasteiger charge is 2.09. The highest BCUT2D eigenvalue weighted by atomic mass is 16.5. The third kappa shape index (κ3) is 5.71. The summed E-state index contributed by atoms with van der Waals surface area (Å²) >= 11 is 0. The molecule has 0 saturated carbocycles. The van der Waals surface area contributed by atoms with E-state index in [0.29, 0.717) is 36.5 Å². The van der Waals surface area contributed by atoms with Crippen LogP contribution >= 0.6 is 0 Å². The van der Waals surface area contributed by atoms with E-state index >= 15 is 0 Å². The van der Waals surface area contributed by atoms with Crippen molar-refractivity contribution in [2.24, 2.45) is 0 Å². The van der Waals surface area contributed by atoms with E-state index in [-0.39, 0.29) is 12.2 Å². The Hall–Kier alpha value is -2.40. The van der Waals surface area contributed by atoms with Gasteiger partial charge < -0.3 is 23.7 Å². The molecule has 23 heavy (non-hydrogen) atoms. The van der Waals surface area contributed by atoms with Crippen LogP contribution in [0, 0.1) is 11.3 Å². The van der Waals surface area contributed by atoms with Gasteiger partial charge >= 0.3 is 5.63 Å². The first-order valence-electron chi connectivity index (χ1n) is 6.86. The van der Waals surface area contributed by atoms with Crippen LogP contribution in [0.4, 0.5) is 0 Å². The molecule has 0 amide bonds. The highest BCUT2D eigenvalue weighted by molar-refractivity contribution is 5.83. The number of hydrogen-bond donors (Lipinski definition) is 1. The molecule has 0 aliphatic heterocycles. The van der Waals surface area contributed by atoms with Crippen molar-refractivity contribution in [3.05, 3.63) is 40.2 Å². The number of nitriles is 1. The monoisotopic (exact) mass is 321 g/mol. The van der Waals surface area contributed by atoms with Gasteiger partial charge in [-0.3, -0.25) is 0 Å². The molecule has 1 aromatic carbocycles. The molecule has 0 saturated heterocycles. The third-order valence-corrected chi connectivity index (χ3v) is 2.68. The van der Waals surface area contributed by atoms with Crippen molar-refractivity contribution < 1.29 is 23.7 Å². The molecule has 7 heteroatoms. The van der Waals surface area contributed by atoms with E-state index in [0.717, 1.165) is 0 Å². The number of methoxy groups -OCH3 is 2. The Morgan fingerprint density at radius 2 is 1.96 bits per heavy atom. The molecule has 2 rings (SSSR count). The van der Waals surface area contributed by atoms with Crippen molar-refractivity contribution in [3.63, 3.8) is 0 Å². The van der Waals surface area contributed by atoms with Crippen LogP contribution in [-0.4, -0.2) is 45.8 Å². The lowest BCUT2D eigenvalue weighted by atomic mass is 10.2. The molecule has 0 unspecified atom stereocenters. The molecule has 0 fully saturated rings. The van der Waals surface area contributed by atoms with Gasteiger partial charge in [-0.15, -0.1) is 0 Å². The Kier molecular flexibility index (Phi) is 8.39. The number of para-hydroxylation sites is 1. The zero-order valence-corrected chi connectivity index (χ0v) is 13.1. The van der Waals surface area contributed by atoms with Crippen LogP contribution in [0.15, 0.2) is 33.5 Å². The lowest BCUT2D eigenvalue weighted by molar-refractivity contribution is 0.135. The fourth-order valence-electron chi connectivity index (χ4n) is 1.64. The average molecular weight is 321 g/mol. The zero-order valence-electron chi connectivity index (χ0n) is 13.1. The number of fused-ring (bicyclic) bond motifs is 1. The van der Waals surface area contributed by atoms with Crippen LogP contribution in [0.5, 0.6) is 5.75 Å². The fraction of sp³-hybridized carbons (Fsp3) is 0.375. The van der Waals surface area contributed by atoms with E-state index < -0.39 is 5.63 Å². The second-order valence-electron chi connectivity index (χ2n) is 4.29. The van der Waals surface area contributed by atoms with E-state index in [1.54, 1.807) is 38.5 Å². The van der Waals surface area contributed by atoms with E-state index in [1.165, 1.54) is 6.07 Å². The predicted octanol–water partition coefficient (Wildman–Crippen LogP) is 1.31. The maximum Gasteiger partial charge on any atom is 0.354 e. The summed E-state index contributed by atoms with van der Waals surface area (Å²) in [6.45, 7) is 1.37. The van der Waals surface area contributed by atoms with Gasteiger partial charge in [0.05, 0.1) is 19.8 Å². The zero-order chi connectivity index (χ0) is 17.1. The topological polar surface area (TPSA) is 102 Å². The smallest absolute Gasteiger partial charge is 0.354 e. The predicted molar refractivity (Wildman–Crippen MR) is 83.5 cm³/mol. The van der Waals surface area contributed by atoms with Gasteiger partial charge in [0.1, 0.15) is 18.2 Å². The van der Waals surface area contributed by atoms with Crippen molar-refractivity contribution in [3.8, 4) is 11.8 Å². The summed E-state index contributed by atoms with van der Waals surface area (Å²) < 4.78 is 19.9. The van der Waals surface area contributed by atoms with Crippen molar-refractivity contribution in [1.29, 1.82) is 5.26 Å². The molecule has 0 atom stereocenters. The fourth-order valence-corrected chi connectivity index (χ4v) is 1.64. The van der Waals surface area contributed by atoms with Gasteiger partial charge in [0.25, 0.3) is 0 Å². The van der Waals surface area contributed by atoms with Gasteiger partial charge in [0, 0.05) is 19.6 Å². The van der Waals surface area contributed by atoms with Crippen LogP contribution in [0.2, 0.25) is 0 Å². The number of hydrogen-bond acceptors (Lipinski definition) is 7. The molecule has 7 nitrogen and oxygen atoms in total. The number of aliphatic hydroxyl groups excluding tert-OH is 1. The first-order chi connectivity index (χ1) is 11.2. The van der Waals surface area contributed by atoms with Crippen molar-refractivity contribution >= 4 is 11.0 Å². The summed E-state index contributed by atoms with van der Waals surface area (Å²) in [5.41, 5.74) is -0.332. The summed E-state index contributed by atoms with van der Waals surface area (Å²) in [5, 5.41) is 17.4. The molecule has 124 valence electrons. The molecule has 0 aliphatic rings. The summed E-state index contributed by atoms with van der Waals surface area (Å²) in [7, 11) is 3.13. The van der Waals surface area contributed by atoms with Crippen LogP contribution in [0.3, 0.4) is 0 Å². The maximum atomic E-state index is 11.5. The SMILES string of the molecule is COCCO.COCCOc1cccc2cc(C#N)c(=O)oc12. The standard InChI is InChI=1S/C13H11NO4.C3H8O2/c1-16-5-6-17-11-4-2-3-9-7-10(8-14)13(15)18-12(9)11;1-5-3-2-4/h2-4,7H,5-6H2,1H3;4H,2-3H2,1H3. The minimum absolute atomic E-state index is 0.0171. The van der Waals surface area contributed by atoms with Gasteiger partial charge in [0.15, 0.2) is 11.3 Å². The van der Waals surface area contributed by atoms with Gasteiger partial charge in [-0.2, -0.15) is 5.26 Å². The van der Waals surface area contributed by atoms with Gasteiger partial charge in [-0.1, -0.05) is 12.1 Å². The maximum absolute atomic E-state index is 11.5. The Morgan fingerprint density at radius 1 is 1.22 bits per heavy atom. The second kappa shape index (κ2) is 10.3. The van der Waals surface area contributed by atoms with Gasteiger partial charge in [-0.25, -0.2) is 4.79 Å². The summed E-state index contributed by atoms with van der Waals surface area (Å²) in [6, 6.07) is 8.51. The first kappa shape index (κ1) is 18.6. The number of nitrogens with zero attached hydrogens (tertiary/aromatic N) is 1. The van der Waals surface area contributed by atoms with Gasteiger partial charge in [-0.05, 0) is 12.1 Å². The molecule has 1 heterocycles. The number of rotatable bonds is 6. The summed E-state index contributed by atoms with van der Waals surface area (Å²) in [6.07, 6.45) is 0. The number of aliphatic hydroxyl groups is 1.